The molecule has 0 aromatic heterocycles. The van der Waals surface area contributed by atoms with Crippen LogP contribution in [-0.4, -0.2) is 31.0 Å². The summed E-state index contributed by atoms with van der Waals surface area (Å²) in [5, 5.41) is 0. The molecule has 3 rings (SSSR count). The summed E-state index contributed by atoms with van der Waals surface area (Å²) in [5.74, 6) is -0.403. The number of carbonyl (C=O) groups is 1. The molecule has 1 aliphatic rings. The highest BCUT2D eigenvalue weighted by molar-refractivity contribution is 5.89. The van der Waals surface area contributed by atoms with E-state index < -0.39 is 24.3 Å². The van der Waals surface area contributed by atoms with Crippen molar-refractivity contribution in [2.75, 3.05) is 6.61 Å². The summed E-state index contributed by atoms with van der Waals surface area (Å²) in [7, 11) is 0. The fourth-order valence-corrected chi connectivity index (χ4v) is 3.11. The van der Waals surface area contributed by atoms with Crippen LogP contribution in [0.15, 0.2) is 67.2 Å². The first-order valence-corrected chi connectivity index (χ1v) is 8.88. The van der Waals surface area contributed by atoms with Gasteiger partial charge in [-0.3, -0.25) is 0 Å². The van der Waals surface area contributed by atoms with Crippen molar-refractivity contribution in [1.82, 2.24) is 0 Å². The predicted octanol–water partition coefficient (Wildman–Crippen LogP) is 4.83. The first-order chi connectivity index (χ1) is 12.6. The number of esters is 1. The van der Waals surface area contributed by atoms with Crippen molar-refractivity contribution < 1.29 is 18.7 Å². The molecule has 1 fully saturated rings. The van der Waals surface area contributed by atoms with Crippen LogP contribution in [0.5, 0.6) is 0 Å². The van der Waals surface area contributed by atoms with Crippen LogP contribution in [0.1, 0.15) is 35.2 Å². The number of ether oxygens (including phenoxy) is 2. The molecule has 1 unspecified atom stereocenters. The van der Waals surface area contributed by atoms with E-state index in [2.05, 4.69) is 6.58 Å². The number of hydrogen-bond acceptors (Lipinski definition) is 3. The monoisotopic (exact) mass is 354 g/mol. The Kier molecular flexibility index (Phi) is 6.18. The fraction of sp³-hybridized carbons (Fsp3) is 0.318. The molecule has 0 radical (unpaired) electrons. The van der Waals surface area contributed by atoms with Crippen molar-refractivity contribution in [2.45, 2.75) is 37.6 Å². The van der Waals surface area contributed by atoms with E-state index in [4.69, 9.17) is 9.47 Å². The van der Waals surface area contributed by atoms with Gasteiger partial charge in [0.2, 0.25) is 0 Å². The summed E-state index contributed by atoms with van der Waals surface area (Å²) in [6.07, 6.45) is -0.753. The van der Waals surface area contributed by atoms with Gasteiger partial charge in [0.15, 0.2) is 0 Å². The van der Waals surface area contributed by atoms with Gasteiger partial charge in [-0.05, 0) is 36.1 Å². The molecule has 3 nitrogen and oxygen atoms in total. The maximum absolute atomic E-state index is 14.5. The lowest BCUT2D eigenvalue weighted by atomic mass is 9.93. The molecule has 0 N–H and O–H groups in total. The largest absolute Gasteiger partial charge is 0.459 e. The first kappa shape index (κ1) is 18.3. The van der Waals surface area contributed by atoms with E-state index in [1.807, 2.05) is 36.4 Å². The summed E-state index contributed by atoms with van der Waals surface area (Å²) in [4.78, 5) is 12.1. The van der Waals surface area contributed by atoms with Gasteiger partial charge in [0, 0.05) is 6.42 Å². The number of carbonyl (C=O) groups excluding carboxylic acids is 1. The van der Waals surface area contributed by atoms with E-state index in [1.54, 1.807) is 24.3 Å². The average Bonchev–Trinajstić information content (AvgIpc) is 2.68. The molecule has 0 bridgehead atoms. The van der Waals surface area contributed by atoms with Crippen molar-refractivity contribution >= 4 is 11.5 Å². The summed E-state index contributed by atoms with van der Waals surface area (Å²) in [5.41, 5.74) is 2.31. The zero-order valence-corrected chi connectivity index (χ0v) is 14.6. The van der Waals surface area contributed by atoms with Crippen molar-refractivity contribution in [1.29, 1.82) is 0 Å². The van der Waals surface area contributed by atoms with Crippen molar-refractivity contribution in [3.8, 4) is 0 Å². The lowest BCUT2D eigenvalue weighted by Crippen LogP contribution is -2.37. The molecule has 3 atom stereocenters. The third-order valence-corrected chi connectivity index (χ3v) is 4.60. The van der Waals surface area contributed by atoms with Gasteiger partial charge < -0.3 is 9.47 Å². The van der Waals surface area contributed by atoms with Gasteiger partial charge in [0.25, 0.3) is 0 Å². The Balaban J connectivity index is 1.46. The molecule has 0 aliphatic heterocycles. The molecule has 26 heavy (non-hydrogen) atoms. The Hall–Kier alpha value is -2.46. The lowest BCUT2D eigenvalue weighted by molar-refractivity contribution is -0.0523. The van der Waals surface area contributed by atoms with Gasteiger partial charge >= 0.3 is 5.97 Å². The minimum Gasteiger partial charge on any atom is -0.459 e. The highest BCUT2D eigenvalue weighted by atomic mass is 19.1. The quantitative estimate of drug-likeness (QED) is 0.697. The van der Waals surface area contributed by atoms with Gasteiger partial charge in [-0.2, -0.15) is 0 Å². The van der Waals surface area contributed by atoms with E-state index >= 15 is 0 Å². The Morgan fingerprint density at radius 3 is 2.23 bits per heavy atom. The normalized spacial score (nSPS) is 22.6. The number of hydrogen-bond donors (Lipinski definition) is 0. The van der Waals surface area contributed by atoms with Gasteiger partial charge in [-0.25, -0.2) is 9.18 Å². The fourth-order valence-electron chi connectivity index (χ4n) is 3.11. The van der Waals surface area contributed by atoms with Gasteiger partial charge in [0.05, 0.1) is 18.3 Å². The van der Waals surface area contributed by atoms with Crippen LogP contribution in [0.4, 0.5) is 4.39 Å². The van der Waals surface area contributed by atoms with Gasteiger partial charge in [-0.1, -0.05) is 55.1 Å². The van der Waals surface area contributed by atoms with Crippen LogP contribution in [0.25, 0.3) is 5.57 Å². The van der Waals surface area contributed by atoms with Crippen LogP contribution in [0.3, 0.4) is 0 Å². The van der Waals surface area contributed by atoms with Crippen LogP contribution >= 0.6 is 0 Å². The van der Waals surface area contributed by atoms with Crippen LogP contribution in [0.2, 0.25) is 0 Å². The Labute approximate surface area is 153 Å². The van der Waals surface area contributed by atoms with Crippen LogP contribution < -0.4 is 0 Å². The molecule has 0 heterocycles. The average molecular weight is 354 g/mol. The summed E-state index contributed by atoms with van der Waals surface area (Å²) < 4.78 is 25.6. The Morgan fingerprint density at radius 1 is 1.00 bits per heavy atom. The van der Waals surface area contributed by atoms with Crippen LogP contribution in [0, 0.1) is 0 Å². The molecule has 2 aromatic rings. The highest BCUT2D eigenvalue weighted by Gasteiger charge is 2.33. The molecule has 0 spiro atoms. The molecular weight excluding hydrogens is 331 g/mol. The summed E-state index contributed by atoms with van der Waals surface area (Å²) in [6, 6.07) is 18.5. The van der Waals surface area contributed by atoms with E-state index in [9.17, 15) is 9.18 Å². The van der Waals surface area contributed by atoms with E-state index in [0.29, 0.717) is 25.0 Å². The second-order valence-corrected chi connectivity index (χ2v) is 6.54. The molecule has 1 saturated carbocycles. The van der Waals surface area contributed by atoms with Crippen molar-refractivity contribution in [2.24, 2.45) is 0 Å². The predicted molar refractivity (Wildman–Crippen MR) is 99.6 cm³/mol. The third kappa shape index (κ3) is 4.79. The molecule has 4 heteroatoms. The van der Waals surface area contributed by atoms with Gasteiger partial charge in [-0.15, -0.1) is 0 Å². The summed E-state index contributed by atoms with van der Waals surface area (Å²) in [6.45, 7) is 4.30. The molecule has 0 saturated heterocycles. The first-order valence-electron chi connectivity index (χ1n) is 8.88. The maximum atomic E-state index is 14.5. The second-order valence-electron chi connectivity index (χ2n) is 6.54. The SMILES string of the molecule is C=C(COC1CC[C@@H](OC(=O)c2ccccc2)C[C@@H]1F)c1ccccc1. The Bertz CT molecular complexity index is 730. The molecule has 2 aromatic carbocycles. The van der Waals surface area contributed by atoms with Gasteiger partial charge in [0.1, 0.15) is 12.3 Å². The van der Waals surface area contributed by atoms with E-state index in [1.165, 1.54) is 0 Å². The standard InChI is InChI=1S/C22H23FO3/c1-16(17-8-4-2-5-9-17)15-25-21-13-12-19(14-20(21)23)26-22(24)18-10-6-3-7-11-18/h2-11,19-21H,1,12-15H2/t19-,20+,21?/m1/s1. The van der Waals surface area contributed by atoms with Crippen LogP contribution in [-0.2, 0) is 9.47 Å². The second kappa shape index (κ2) is 8.77. The summed E-state index contributed by atoms with van der Waals surface area (Å²) >= 11 is 0. The van der Waals surface area contributed by atoms with E-state index in [0.717, 1.165) is 11.1 Å². The molecule has 1 aliphatic carbocycles. The molecular formula is C22H23FO3. The number of halogens is 1. The zero-order valence-electron chi connectivity index (χ0n) is 14.6. The number of alkyl halides is 1. The van der Waals surface area contributed by atoms with E-state index in [-0.39, 0.29) is 6.42 Å². The topological polar surface area (TPSA) is 35.5 Å². The minimum atomic E-state index is -1.15. The van der Waals surface area contributed by atoms with Crippen molar-refractivity contribution in [3.63, 3.8) is 0 Å². The number of rotatable bonds is 6. The number of benzene rings is 2. The molecule has 136 valence electrons. The Morgan fingerprint density at radius 2 is 1.62 bits per heavy atom. The van der Waals surface area contributed by atoms with Crippen molar-refractivity contribution in [3.05, 3.63) is 78.4 Å². The smallest absolute Gasteiger partial charge is 0.338 e. The minimum absolute atomic E-state index is 0.168. The zero-order chi connectivity index (χ0) is 18.4. The lowest BCUT2D eigenvalue weighted by Gasteiger charge is -2.31. The maximum Gasteiger partial charge on any atom is 0.338 e. The third-order valence-electron chi connectivity index (χ3n) is 4.60. The molecule has 0 amide bonds. The highest BCUT2D eigenvalue weighted by Crippen LogP contribution is 2.28.